The van der Waals surface area contributed by atoms with Gasteiger partial charge in [-0.1, -0.05) is 0 Å². The lowest BCUT2D eigenvalue weighted by molar-refractivity contribution is 0.628. The van der Waals surface area contributed by atoms with E-state index in [4.69, 9.17) is 0 Å². The van der Waals surface area contributed by atoms with Gasteiger partial charge < -0.3 is 4.98 Å². The average Bonchev–Trinajstić information content (AvgIpc) is 2.41. The Morgan fingerprint density at radius 1 is 1.05 bits per heavy atom. The third kappa shape index (κ3) is 2.09. The standard InChI is InChI=1S/C16H13FN2O/c1-9-7-13-14(8-10(9)2)19-16(20)15(18-13)11-3-5-12(17)6-4-11/h3-8H,1-2H3,(H,19,20). The number of hydrogen-bond acceptors (Lipinski definition) is 2. The summed E-state index contributed by atoms with van der Waals surface area (Å²) in [4.78, 5) is 19.3. The molecule has 0 spiro atoms. The molecule has 0 aliphatic heterocycles. The molecule has 2 aromatic carbocycles. The maximum absolute atomic E-state index is 12.9. The number of aromatic nitrogens is 2. The molecule has 0 atom stereocenters. The second-order valence-electron chi connectivity index (χ2n) is 4.88. The summed E-state index contributed by atoms with van der Waals surface area (Å²) in [5.41, 5.74) is 4.29. The van der Waals surface area contributed by atoms with Crippen LogP contribution in [0.15, 0.2) is 41.2 Å². The number of hydrogen-bond donors (Lipinski definition) is 1. The van der Waals surface area contributed by atoms with E-state index in [0.29, 0.717) is 16.8 Å². The van der Waals surface area contributed by atoms with Gasteiger partial charge in [0.1, 0.15) is 11.5 Å². The monoisotopic (exact) mass is 268 g/mol. The van der Waals surface area contributed by atoms with Gasteiger partial charge in [-0.3, -0.25) is 4.79 Å². The molecule has 0 unspecified atom stereocenters. The molecule has 1 heterocycles. The zero-order valence-corrected chi connectivity index (χ0v) is 11.2. The summed E-state index contributed by atoms with van der Waals surface area (Å²) in [5.74, 6) is -0.336. The highest BCUT2D eigenvalue weighted by atomic mass is 19.1. The molecule has 3 rings (SSSR count). The van der Waals surface area contributed by atoms with E-state index >= 15 is 0 Å². The van der Waals surface area contributed by atoms with Crippen molar-refractivity contribution in [1.82, 2.24) is 9.97 Å². The first-order valence-electron chi connectivity index (χ1n) is 6.32. The van der Waals surface area contributed by atoms with E-state index < -0.39 is 0 Å². The first-order valence-corrected chi connectivity index (χ1v) is 6.32. The summed E-state index contributed by atoms with van der Waals surface area (Å²) in [6.07, 6.45) is 0. The van der Waals surface area contributed by atoms with Crippen molar-refractivity contribution in [1.29, 1.82) is 0 Å². The third-order valence-corrected chi connectivity index (χ3v) is 3.43. The average molecular weight is 268 g/mol. The molecule has 0 saturated carbocycles. The predicted octanol–water partition coefficient (Wildman–Crippen LogP) is 3.35. The van der Waals surface area contributed by atoms with Crippen molar-refractivity contribution in [2.75, 3.05) is 0 Å². The minimum Gasteiger partial charge on any atom is -0.319 e. The second kappa shape index (κ2) is 4.56. The number of nitrogens with one attached hydrogen (secondary N) is 1. The Hall–Kier alpha value is -2.49. The molecule has 4 heteroatoms. The van der Waals surface area contributed by atoms with Crippen LogP contribution in [0.25, 0.3) is 22.3 Å². The molecule has 0 fully saturated rings. The first-order chi connectivity index (χ1) is 9.54. The Morgan fingerprint density at radius 3 is 2.40 bits per heavy atom. The topological polar surface area (TPSA) is 45.8 Å². The lowest BCUT2D eigenvalue weighted by atomic mass is 10.1. The number of fused-ring (bicyclic) bond motifs is 1. The van der Waals surface area contributed by atoms with Gasteiger partial charge in [0.25, 0.3) is 5.56 Å². The molecular formula is C16H13FN2O. The summed E-state index contributed by atoms with van der Waals surface area (Å²) in [5, 5.41) is 0. The molecule has 0 amide bonds. The van der Waals surface area contributed by atoms with E-state index in [-0.39, 0.29) is 11.4 Å². The first kappa shape index (κ1) is 12.5. The van der Waals surface area contributed by atoms with Crippen molar-refractivity contribution in [2.24, 2.45) is 0 Å². The Labute approximate surface area is 115 Å². The van der Waals surface area contributed by atoms with Crippen LogP contribution in [0.2, 0.25) is 0 Å². The zero-order valence-electron chi connectivity index (χ0n) is 11.2. The molecule has 1 aromatic heterocycles. The molecule has 0 saturated heterocycles. The number of halogens is 1. The number of H-pyrrole nitrogens is 1. The molecule has 1 N–H and O–H groups in total. The van der Waals surface area contributed by atoms with Gasteiger partial charge in [-0.25, -0.2) is 9.37 Å². The highest BCUT2D eigenvalue weighted by Crippen LogP contribution is 2.19. The zero-order chi connectivity index (χ0) is 14.3. The van der Waals surface area contributed by atoms with Crippen LogP contribution in [0.1, 0.15) is 11.1 Å². The van der Waals surface area contributed by atoms with Crippen LogP contribution in [-0.4, -0.2) is 9.97 Å². The predicted molar refractivity (Wildman–Crippen MR) is 77.2 cm³/mol. The summed E-state index contributed by atoms with van der Waals surface area (Å²) in [6.45, 7) is 3.99. The Bertz CT molecular complexity index is 851. The van der Waals surface area contributed by atoms with E-state index in [1.165, 1.54) is 12.1 Å². The fourth-order valence-electron chi connectivity index (χ4n) is 2.15. The van der Waals surface area contributed by atoms with E-state index in [2.05, 4.69) is 9.97 Å². The summed E-state index contributed by atoms with van der Waals surface area (Å²) >= 11 is 0. The van der Waals surface area contributed by atoms with Crippen molar-refractivity contribution >= 4 is 11.0 Å². The van der Waals surface area contributed by atoms with Crippen molar-refractivity contribution in [3.8, 4) is 11.3 Å². The van der Waals surface area contributed by atoms with E-state index in [1.54, 1.807) is 12.1 Å². The van der Waals surface area contributed by atoms with Crippen molar-refractivity contribution < 1.29 is 4.39 Å². The summed E-state index contributed by atoms with van der Waals surface area (Å²) in [6, 6.07) is 9.60. The van der Waals surface area contributed by atoms with Crippen LogP contribution < -0.4 is 5.56 Å². The SMILES string of the molecule is Cc1cc2nc(-c3ccc(F)cc3)c(=O)[nH]c2cc1C. The molecule has 0 aliphatic carbocycles. The fraction of sp³-hybridized carbons (Fsp3) is 0.125. The van der Waals surface area contributed by atoms with Crippen molar-refractivity contribution in [3.05, 3.63) is 63.7 Å². The van der Waals surface area contributed by atoms with Crippen molar-refractivity contribution in [3.63, 3.8) is 0 Å². The van der Waals surface area contributed by atoms with Gasteiger partial charge in [0, 0.05) is 5.56 Å². The molecular weight excluding hydrogens is 255 g/mol. The smallest absolute Gasteiger partial charge is 0.274 e. The van der Waals surface area contributed by atoms with Gasteiger partial charge in [0.2, 0.25) is 0 Å². The Balaban J connectivity index is 2.26. The molecule has 20 heavy (non-hydrogen) atoms. The molecule has 0 bridgehead atoms. The fourth-order valence-corrected chi connectivity index (χ4v) is 2.15. The maximum Gasteiger partial charge on any atom is 0.274 e. The van der Waals surface area contributed by atoms with Crippen LogP contribution in [0.5, 0.6) is 0 Å². The molecule has 3 aromatic rings. The Kier molecular flexibility index (Phi) is 2.86. The van der Waals surface area contributed by atoms with E-state index in [0.717, 1.165) is 16.6 Å². The van der Waals surface area contributed by atoms with Crippen LogP contribution in [0.4, 0.5) is 4.39 Å². The number of nitrogens with zero attached hydrogens (tertiary/aromatic N) is 1. The highest BCUT2D eigenvalue weighted by Gasteiger charge is 2.08. The number of aromatic amines is 1. The van der Waals surface area contributed by atoms with E-state index in [9.17, 15) is 9.18 Å². The maximum atomic E-state index is 12.9. The van der Waals surface area contributed by atoms with Crippen LogP contribution in [0, 0.1) is 19.7 Å². The van der Waals surface area contributed by atoms with Gasteiger partial charge >= 0.3 is 0 Å². The molecule has 100 valence electrons. The Morgan fingerprint density at radius 2 is 1.70 bits per heavy atom. The van der Waals surface area contributed by atoms with Gasteiger partial charge in [-0.15, -0.1) is 0 Å². The van der Waals surface area contributed by atoms with Crippen LogP contribution in [0.3, 0.4) is 0 Å². The van der Waals surface area contributed by atoms with Crippen LogP contribution >= 0.6 is 0 Å². The van der Waals surface area contributed by atoms with Gasteiger partial charge in [0.05, 0.1) is 11.0 Å². The molecule has 0 radical (unpaired) electrons. The lowest BCUT2D eigenvalue weighted by Crippen LogP contribution is -2.11. The largest absolute Gasteiger partial charge is 0.319 e. The van der Waals surface area contributed by atoms with Gasteiger partial charge in [-0.2, -0.15) is 0 Å². The highest BCUT2D eigenvalue weighted by molar-refractivity contribution is 5.78. The van der Waals surface area contributed by atoms with Crippen LogP contribution in [-0.2, 0) is 0 Å². The quantitative estimate of drug-likeness (QED) is 0.735. The van der Waals surface area contributed by atoms with Gasteiger partial charge in [0.15, 0.2) is 0 Å². The lowest BCUT2D eigenvalue weighted by Gasteiger charge is -2.06. The minimum atomic E-state index is -0.336. The molecule has 0 aliphatic rings. The second-order valence-corrected chi connectivity index (χ2v) is 4.88. The minimum absolute atomic E-state index is 0.271. The number of rotatable bonds is 1. The third-order valence-electron chi connectivity index (χ3n) is 3.43. The van der Waals surface area contributed by atoms with E-state index in [1.807, 2.05) is 26.0 Å². The molecule has 3 nitrogen and oxygen atoms in total. The summed E-state index contributed by atoms with van der Waals surface area (Å²) in [7, 11) is 0. The number of benzene rings is 2. The van der Waals surface area contributed by atoms with Crippen molar-refractivity contribution in [2.45, 2.75) is 13.8 Å². The number of aryl methyl sites for hydroxylation is 2. The normalized spacial score (nSPS) is 10.9. The van der Waals surface area contributed by atoms with Gasteiger partial charge in [-0.05, 0) is 61.4 Å². The summed E-state index contributed by atoms with van der Waals surface area (Å²) < 4.78 is 12.9.